The fourth-order valence-corrected chi connectivity index (χ4v) is 2.37. The van der Waals surface area contributed by atoms with E-state index >= 15 is 0 Å². The Hall–Kier alpha value is -1.76. The summed E-state index contributed by atoms with van der Waals surface area (Å²) in [5, 5.41) is 17.0. The largest absolute Gasteiger partial charge is 0.360 e. The second-order valence-electron chi connectivity index (χ2n) is 4.58. The summed E-state index contributed by atoms with van der Waals surface area (Å²) in [6.07, 6.45) is 0. The number of anilines is 1. The molecule has 0 fully saturated rings. The van der Waals surface area contributed by atoms with Gasteiger partial charge in [-0.15, -0.1) is 10.2 Å². The second-order valence-corrected chi connectivity index (χ2v) is 5.55. The number of nitrogens with one attached hydrogen (secondary N) is 1. The SMILES string of the molecule is CCNc1nnc(-c2ccc(=O)n(CC(C)C)n2)s1. The number of hydrogen-bond donors (Lipinski definition) is 1. The van der Waals surface area contributed by atoms with E-state index in [9.17, 15) is 4.79 Å². The van der Waals surface area contributed by atoms with E-state index in [2.05, 4.69) is 34.5 Å². The van der Waals surface area contributed by atoms with E-state index in [0.717, 1.165) is 11.7 Å². The minimum atomic E-state index is -0.0890. The van der Waals surface area contributed by atoms with Crippen LogP contribution in [0.2, 0.25) is 0 Å². The van der Waals surface area contributed by atoms with Crippen LogP contribution in [0.4, 0.5) is 5.13 Å². The Balaban J connectivity index is 2.31. The van der Waals surface area contributed by atoms with E-state index in [1.54, 1.807) is 6.07 Å². The summed E-state index contributed by atoms with van der Waals surface area (Å²) in [5.74, 6) is 0.368. The van der Waals surface area contributed by atoms with Gasteiger partial charge in [-0.25, -0.2) is 4.68 Å². The molecule has 0 amide bonds. The average molecular weight is 279 g/mol. The number of hydrogen-bond acceptors (Lipinski definition) is 6. The van der Waals surface area contributed by atoms with Crippen LogP contribution in [0.1, 0.15) is 20.8 Å². The van der Waals surface area contributed by atoms with Crippen molar-refractivity contribution in [3.63, 3.8) is 0 Å². The van der Waals surface area contributed by atoms with Gasteiger partial charge in [-0.1, -0.05) is 25.2 Å². The highest BCUT2D eigenvalue weighted by Crippen LogP contribution is 2.23. The van der Waals surface area contributed by atoms with Crippen LogP contribution in [0.15, 0.2) is 16.9 Å². The molecule has 0 aliphatic rings. The van der Waals surface area contributed by atoms with Gasteiger partial charge in [0.2, 0.25) is 5.13 Å². The zero-order valence-electron chi connectivity index (χ0n) is 11.3. The third-order valence-corrected chi connectivity index (χ3v) is 3.28. The highest BCUT2D eigenvalue weighted by molar-refractivity contribution is 7.18. The van der Waals surface area contributed by atoms with Crippen LogP contribution >= 0.6 is 11.3 Å². The molecule has 2 heterocycles. The van der Waals surface area contributed by atoms with Gasteiger partial charge in [-0.2, -0.15) is 5.10 Å². The van der Waals surface area contributed by atoms with Gasteiger partial charge in [-0.3, -0.25) is 4.79 Å². The summed E-state index contributed by atoms with van der Waals surface area (Å²) in [7, 11) is 0. The first-order valence-electron chi connectivity index (χ1n) is 6.26. The molecule has 102 valence electrons. The van der Waals surface area contributed by atoms with Crippen molar-refractivity contribution in [2.45, 2.75) is 27.3 Å². The van der Waals surface area contributed by atoms with Crippen LogP contribution in [0.3, 0.4) is 0 Å². The zero-order chi connectivity index (χ0) is 13.8. The third-order valence-electron chi connectivity index (χ3n) is 2.38. The molecule has 0 radical (unpaired) electrons. The third kappa shape index (κ3) is 3.37. The topological polar surface area (TPSA) is 72.7 Å². The van der Waals surface area contributed by atoms with Gasteiger partial charge in [0.05, 0.1) is 0 Å². The number of aromatic nitrogens is 4. The van der Waals surface area contributed by atoms with Crippen LogP contribution in [0, 0.1) is 5.92 Å². The van der Waals surface area contributed by atoms with E-state index in [0.29, 0.717) is 23.2 Å². The summed E-state index contributed by atoms with van der Waals surface area (Å²) in [6, 6.07) is 3.22. The zero-order valence-corrected chi connectivity index (χ0v) is 12.1. The lowest BCUT2D eigenvalue weighted by Gasteiger charge is -2.07. The Labute approximate surface area is 115 Å². The Bertz CT molecular complexity index is 604. The monoisotopic (exact) mass is 279 g/mol. The predicted octanol–water partition coefficient (Wildman–Crippen LogP) is 1.85. The lowest BCUT2D eigenvalue weighted by Crippen LogP contribution is -2.24. The molecule has 2 rings (SSSR count). The maximum absolute atomic E-state index is 11.7. The van der Waals surface area contributed by atoms with E-state index < -0.39 is 0 Å². The molecule has 0 spiro atoms. The standard InChI is InChI=1S/C12H17N5OS/c1-4-13-12-15-14-11(19-12)9-5-6-10(18)17(16-9)7-8(2)3/h5-6,8H,4,7H2,1-3H3,(H,13,15). The summed E-state index contributed by atoms with van der Waals surface area (Å²) in [5.41, 5.74) is 0.593. The van der Waals surface area contributed by atoms with Crippen LogP contribution in [-0.4, -0.2) is 26.5 Å². The molecule has 2 aromatic heterocycles. The van der Waals surface area contributed by atoms with Crippen molar-refractivity contribution in [2.75, 3.05) is 11.9 Å². The fraction of sp³-hybridized carbons (Fsp3) is 0.500. The Kier molecular flexibility index (Phi) is 4.26. The van der Waals surface area contributed by atoms with E-state index in [1.165, 1.54) is 22.1 Å². The van der Waals surface area contributed by atoms with Crippen molar-refractivity contribution in [3.8, 4) is 10.7 Å². The second kappa shape index (κ2) is 5.92. The Morgan fingerprint density at radius 1 is 1.37 bits per heavy atom. The van der Waals surface area contributed by atoms with Crippen molar-refractivity contribution >= 4 is 16.5 Å². The van der Waals surface area contributed by atoms with Crippen LogP contribution in [0.5, 0.6) is 0 Å². The molecule has 0 aliphatic heterocycles. The normalized spacial score (nSPS) is 10.9. The molecule has 6 nitrogen and oxygen atoms in total. The van der Waals surface area contributed by atoms with Gasteiger partial charge in [-0.05, 0) is 18.9 Å². The molecule has 2 aromatic rings. The van der Waals surface area contributed by atoms with Gasteiger partial charge in [0.15, 0.2) is 5.01 Å². The minimum Gasteiger partial charge on any atom is -0.360 e. The van der Waals surface area contributed by atoms with Crippen molar-refractivity contribution < 1.29 is 0 Å². The molecule has 19 heavy (non-hydrogen) atoms. The Morgan fingerprint density at radius 3 is 2.84 bits per heavy atom. The van der Waals surface area contributed by atoms with Gasteiger partial charge < -0.3 is 5.32 Å². The summed E-state index contributed by atoms with van der Waals surface area (Å²) >= 11 is 1.43. The fourth-order valence-electron chi connectivity index (χ4n) is 1.59. The van der Waals surface area contributed by atoms with Crippen LogP contribution in [0.25, 0.3) is 10.7 Å². The first kappa shape index (κ1) is 13.7. The molecule has 0 saturated heterocycles. The van der Waals surface area contributed by atoms with Crippen molar-refractivity contribution in [2.24, 2.45) is 5.92 Å². The molecular weight excluding hydrogens is 262 g/mol. The summed E-state index contributed by atoms with van der Waals surface area (Å²) < 4.78 is 1.48. The van der Waals surface area contributed by atoms with Gasteiger partial charge >= 0.3 is 0 Å². The lowest BCUT2D eigenvalue weighted by atomic mass is 10.2. The molecule has 0 aromatic carbocycles. The summed E-state index contributed by atoms with van der Waals surface area (Å²) in [6.45, 7) is 7.51. The van der Waals surface area contributed by atoms with Crippen molar-refractivity contribution in [3.05, 3.63) is 22.5 Å². The molecule has 7 heteroatoms. The van der Waals surface area contributed by atoms with E-state index in [4.69, 9.17) is 0 Å². The van der Waals surface area contributed by atoms with Crippen molar-refractivity contribution in [1.82, 2.24) is 20.0 Å². The van der Waals surface area contributed by atoms with E-state index in [-0.39, 0.29) is 5.56 Å². The van der Waals surface area contributed by atoms with Gasteiger partial charge in [0.25, 0.3) is 5.56 Å². The molecule has 0 unspecified atom stereocenters. The highest BCUT2D eigenvalue weighted by Gasteiger charge is 2.10. The first-order chi connectivity index (χ1) is 9.10. The quantitative estimate of drug-likeness (QED) is 0.904. The lowest BCUT2D eigenvalue weighted by molar-refractivity contribution is 0.465. The van der Waals surface area contributed by atoms with E-state index in [1.807, 2.05) is 6.92 Å². The molecule has 1 N–H and O–H groups in total. The minimum absolute atomic E-state index is 0.0890. The maximum Gasteiger partial charge on any atom is 0.266 e. The molecule has 0 bridgehead atoms. The van der Waals surface area contributed by atoms with Gasteiger partial charge in [0.1, 0.15) is 5.69 Å². The first-order valence-corrected chi connectivity index (χ1v) is 7.07. The van der Waals surface area contributed by atoms with Gasteiger partial charge in [0, 0.05) is 19.2 Å². The van der Waals surface area contributed by atoms with Crippen molar-refractivity contribution in [1.29, 1.82) is 0 Å². The maximum atomic E-state index is 11.7. The van der Waals surface area contributed by atoms with Crippen LogP contribution in [-0.2, 0) is 6.54 Å². The smallest absolute Gasteiger partial charge is 0.266 e. The molecule has 0 atom stereocenters. The number of nitrogens with zero attached hydrogens (tertiary/aromatic N) is 4. The number of rotatable bonds is 5. The Morgan fingerprint density at radius 2 is 2.16 bits per heavy atom. The summed E-state index contributed by atoms with van der Waals surface area (Å²) in [4.78, 5) is 11.7. The predicted molar refractivity (Wildman–Crippen MR) is 76.4 cm³/mol. The van der Waals surface area contributed by atoms with Crippen LogP contribution < -0.4 is 10.9 Å². The highest BCUT2D eigenvalue weighted by atomic mass is 32.1. The molecular formula is C12H17N5OS. The molecule has 0 saturated carbocycles. The molecule has 0 aliphatic carbocycles. The average Bonchev–Trinajstić information content (AvgIpc) is 2.80.